The highest BCUT2D eigenvalue weighted by Crippen LogP contribution is 2.17. The molecule has 0 atom stereocenters. The normalized spacial score (nSPS) is 17.8. The molecule has 1 aliphatic rings. The van der Waals surface area contributed by atoms with Gasteiger partial charge < -0.3 is 14.4 Å². The molecule has 1 aliphatic heterocycles. The number of piperazine rings is 1. The number of carbonyl (C=O) groups excluding carboxylic acids is 1. The van der Waals surface area contributed by atoms with Crippen LogP contribution in [0.5, 0.6) is 0 Å². The Hall–Kier alpha value is -0.850. The average Bonchev–Trinajstić information content (AvgIpc) is 2.74. The monoisotopic (exact) mass is 330 g/mol. The van der Waals surface area contributed by atoms with E-state index >= 15 is 0 Å². The molecule has 0 radical (unpaired) electrons. The number of nitrogens with zero attached hydrogens (tertiary/aromatic N) is 2. The Balaban J connectivity index is 1.88. The van der Waals surface area contributed by atoms with Crippen molar-refractivity contribution in [2.45, 2.75) is 19.4 Å². The summed E-state index contributed by atoms with van der Waals surface area (Å²) in [5, 5.41) is 9.79. The fourth-order valence-electron chi connectivity index (χ4n) is 2.26. The molecule has 0 unspecified atom stereocenters. The molecule has 0 spiro atoms. The van der Waals surface area contributed by atoms with Crippen molar-refractivity contribution in [2.24, 2.45) is 0 Å². The van der Waals surface area contributed by atoms with Crippen LogP contribution >= 0.6 is 15.9 Å². The first-order valence-electron chi connectivity index (χ1n) is 6.33. The lowest BCUT2D eigenvalue weighted by Crippen LogP contribution is -2.51. The number of aliphatic hydroxyl groups is 1. The molecule has 19 heavy (non-hydrogen) atoms. The van der Waals surface area contributed by atoms with Gasteiger partial charge in [0.2, 0.25) is 0 Å². The minimum Gasteiger partial charge on any atom is -0.457 e. The highest BCUT2D eigenvalue weighted by atomic mass is 79.9. The molecule has 0 aromatic carbocycles. The molecule has 0 bridgehead atoms. The van der Waals surface area contributed by atoms with E-state index in [9.17, 15) is 9.90 Å². The maximum Gasteiger partial charge on any atom is 0.257 e. The van der Waals surface area contributed by atoms with Crippen LogP contribution in [0.2, 0.25) is 0 Å². The molecule has 2 rings (SSSR count). The summed E-state index contributed by atoms with van der Waals surface area (Å²) in [7, 11) is 0. The Morgan fingerprint density at radius 3 is 2.53 bits per heavy atom. The van der Waals surface area contributed by atoms with Crippen molar-refractivity contribution in [3.63, 3.8) is 0 Å². The number of halogens is 1. The van der Waals surface area contributed by atoms with Crippen molar-refractivity contribution in [1.82, 2.24) is 9.80 Å². The van der Waals surface area contributed by atoms with Gasteiger partial charge in [0.25, 0.3) is 5.91 Å². The third-order valence-electron chi connectivity index (χ3n) is 3.08. The van der Waals surface area contributed by atoms with Gasteiger partial charge in [-0.15, -0.1) is 0 Å². The van der Waals surface area contributed by atoms with Crippen LogP contribution in [-0.2, 0) is 0 Å². The summed E-state index contributed by atoms with van der Waals surface area (Å²) in [6, 6.07) is 1.69. The van der Waals surface area contributed by atoms with Gasteiger partial charge in [0.1, 0.15) is 6.26 Å². The van der Waals surface area contributed by atoms with Gasteiger partial charge in [-0.25, -0.2) is 0 Å². The fourth-order valence-corrected chi connectivity index (χ4v) is 2.60. The Morgan fingerprint density at radius 2 is 2.05 bits per heavy atom. The van der Waals surface area contributed by atoms with Crippen LogP contribution < -0.4 is 0 Å². The first-order valence-corrected chi connectivity index (χ1v) is 7.12. The summed E-state index contributed by atoms with van der Waals surface area (Å²) in [4.78, 5) is 16.2. The molecule has 0 saturated carbocycles. The van der Waals surface area contributed by atoms with Gasteiger partial charge in [0.05, 0.1) is 11.2 Å². The zero-order valence-corrected chi connectivity index (χ0v) is 12.8. The fraction of sp³-hybridized carbons (Fsp3) is 0.615. The maximum atomic E-state index is 12.2. The van der Waals surface area contributed by atoms with Crippen LogP contribution in [0, 0.1) is 0 Å². The molecule has 1 fully saturated rings. The molecule has 1 aromatic heterocycles. The predicted molar refractivity (Wildman–Crippen MR) is 75.0 cm³/mol. The van der Waals surface area contributed by atoms with E-state index < -0.39 is 5.60 Å². The van der Waals surface area contributed by atoms with Gasteiger partial charge in [-0.1, -0.05) is 0 Å². The van der Waals surface area contributed by atoms with Crippen molar-refractivity contribution < 1.29 is 14.3 Å². The van der Waals surface area contributed by atoms with Crippen molar-refractivity contribution in [2.75, 3.05) is 32.7 Å². The van der Waals surface area contributed by atoms with E-state index in [1.54, 1.807) is 19.9 Å². The zero-order valence-electron chi connectivity index (χ0n) is 11.2. The molecule has 1 amide bonds. The average molecular weight is 331 g/mol. The van der Waals surface area contributed by atoms with E-state index in [1.165, 1.54) is 6.26 Å². The van der Waals surface area contributed by atoms with E-state index in [2.05, 4.69) is 20.8 Å². The number of β-amino-alcohol motifs (C(OH)–C–C–N with tert-alkyl or cyclic N) is 1. The molecular formula is C13H19BrN2O3. The predicted octanol–water partition coefficient (Wildman–Crippen LogP) is 1.57. The topological polar surface area (TPSA) is 56.9 Å². The molecule has 106 valence electrons. The SMILES string of the molecule is CC(C)(O)CN1CCN(C(=O)c2coc(Br)c2)CC1. The zero-order chi connectivity index (χ0) is 14.0. The Labute approximate surface area is 121 Å². The van der Waals surface area contributed by atoms with Gasteiger partial charge in [-0.2, -0.15) is 0 Å². The van der Waals surface area contributed by atoms with Gasteiger partial charge in [-0.05, 0) is 29.8 Å². The Kier molecular flexibility index (Phi) is 4.32. The maximum absolute atomic E-state index is 12.2. The second-order valence-corrected chi connectivity index (χ2v) is 6.30. The van der Waals surface area contributed by atoms with Crippen LogP contribution in [0.25, 0.3) is 0 Å². The quantitative estimate of drug-likeness (QED) is 0.914. The molecule has 1 aromatic rings. The smallest absolute Gasteiger partial charge is 0.257 e. The van der Waals surface area contributed by atoms with Gasteiger partial charge in [0.15, 0.2) is 4.67 Å². The Morgan fingerprint density at radius 1 is 1.42 bits per heavy atom. The number of furan rings is 1. The van der Waals surface area contributed by atoms with Crippen molar-refractivity contribution in [1.29, 1.82) is 0 Å². The standard InChI is InChI=1S/C13H19BrN2O3/c1-13(2,18)9-15-3-5-16(6-4-15)12(17)10-7-11(14)19-8-10/h7-8,18H,3-6,9H2,1-2H3. The third-order valence-corrected chi connectivity index (χ3v) is 3.50. The summed E-state index contributed by atoms with van der Waals surface area (Å²) >= 11 is 3.19. The first kappa shape index (κ1) is 14.6. The Bertz CT molecular complexity index is 445. The van der Waals surface area contributed by atoms with E-state index in [-0.39, 0.29) is 5.91 Å². The highest BCUT2D eigenvalue weighted by Gasteiger charge is 2.26. The second kappa shape index (κ2) is 5.64. The summed E-state index contributed by atoms with van der Waals surface area (Å²) < 4.78 is 5.66. The molecule has 0 aliphatic carbocycles. The molecule has 6 heteroatoms. The lowest BCUT2D eigenvalue weighted by atomic mass is 10.1. The summed E-state index contributed by atoms with van der Waals surface area (Å²) in [6.45, 7) is 7.16. The minimum atomic E-state index is -0.693. The number of hydrogen-bond acceptors (Lipinski definition) is 4. The van der Waals surface area contributed by atoms with Gasteiger partial charge in [0, 0.05) is 38.8 Å². The van der Waals surface area contributed by atoms with Crippen molar-refractivity contribution in [3.05, 3.63) is 22.6 Å². The molecule has 5 nitrogen and oxygen atoms in total. The summed E-state index contributed by atoms with van der Waals surface area (Å²) in [5.41, 5.74) is -0.121. The minimum absolute atomic E-state index is 0.00245. The molecule has 2 heterocycles. The molecule has 1 saturated heterocycles. The van der Waals surface area contributed by atoms with Crippen LogP contribution in [0.15, 0.2) is 21.4 Å². The van der Waals surface area contributed by atoms with Gasteiger partial charge in [-0.3, -0.25) is 9.69 Å². The second-order valence-electron chi connectivity index (χ2n) is 5.52. The number of amides is 1. The largest absolute Gasteiger partial charge is 0.457 e. The van der Waals surface area contributed by atoms with E-state index in [1.807, 2.05) is 4.90 Å². The lowest BCUT2D eigenvalue weighted by Gasteiger charge is -2.37. The summed E-state index contributed by atoms with van der Waals surface area (Å²) in [6.07, 6.45) is 1.47. The van der Waals surface area contributed by atoms with Crippen molar-refractivity contribution in [3.8, 4) is 0 Å². The van der Waals surface area contributed by atoms with Gasteiger partial charge >= 0.3 is 0 Å². The molecular weight excluding hydrogens is 312 g/mol. The van der Waals surface area contributed by atoms with Crippen LogP contribution in [0.4, 0.5) is 0 Å². The third kappa shape index (κ3) is 4.06. The van der Waals surface area contributed by atoms with Crippen LogP contribution in [-0.4, -0.2) is 59.1 Å². The highest BCUT2D eigenvalue weighted by molar-refractivity contribution is 9.10. The van der Waals surface area contributed by atoms with Crippen LogP contribution in [0.1, 0.15) is 24.2 Å². The number of hydrogen-bond donors (Lipinski definition) is 1. The van der Waals surface area contributed by atoms with E-state index in [0.717, 1.165) is 13.1 Å². The number of rotatable bonds is 3. The number of carbonyl (C=O) groups is 1. The lowest BCUT2D eigenvalue weighted by molar-refractivity contribution is 0.0178. The van der Waals surface area contributed by atoms with Crippen LogP contribution in [0.3, 0.4) is 0 Å². The molecule has 1 N–H and O–H groups in total. The first-order chi connectivity index (χ1) is 8.85. The van der Waals surface area contributed by atoms with E-state index in [0.29, 0.717) is 29.9 Å². The summed E-state index contributed by atoms with van der Waals surface area (Å²) in [5.74, 6) is -0.00245. The van der Waals surface area contributed by atoms with Crippen molar-refractivity contribution >= 4 is 21.8 Å². The van der Waals surface area contributed by atoms with E-state index in [4.69, 9.17) is 4.42 Å².